The Labute approximate surface area is 166 Å². The third kappa shape index (κ3) is 4.58. The number of rotatable bonds is 8. The molecule has 8 heteroatoms. The van der Waals surface area contributed by atoms with E-state index >= 15 is 0 Å². The Kier molecular flexibility index (Phi) is 6.10. The SMILES string of the molecule is COc1cccc(/C=C(\CC(=O)[O-])c2nc(-c3ccsc3)no2)c1OC(C)C. The predicted octanol–water partition coefficient (Wildman–Crippen LogP) is 3.27. The summed E-state index contributed by atoms with van der Waals surface area (Å²) in [5.74, 6) is 0.303. The van der Waals surface area contributed by atoms with Crippen molar-refractivity contribution in [1.82, 2.24) is 10.1 Å². The third-order valence-electron chi connectivity index (χ3n) is 3.73. The zero-order valence-electron chi connectivity index (χ0n) is 15.7. The first-order valence-corrected chi connectivity index (χ1v) is 9.53. The average molecular weight is 399 g/mol. The number of carbonyl (C=O) groups is 1. The number of benzene rings is 1. The van der Waals surface area contributed by atoms with Crippen molar-refractivity contribution >= 4 is 29.0 Å². The molecular weight excluding hydrogens is 380 g/mol. The summed E-state index contributed by atoms with van der Waals surface area (Å²) in [6.07, 6.45) is 1.16. The van der Waals surface area contributed by atoms with Gasteiger partial charge in [-0.3, -0.25) is 0 Å². The van der Waals surface area contributed by atoms with E-state index in [1.165, 1.54) is 11.3 Å². The molecule has 0 aliphatic carbocycles. The van der Waals surface area contributed by atoms with Crippen LogP contribution in [0.5, 0.6) is 11.5 Å². The summed E-state index contributed by atoms with van der Waals surface area (Å²) in [6.45, 7) is 3.79. The number of ether oxygens (including phenoxy) is 2. The highest BCUT2D eigenvalue weighted by Gasteiger charge is 2.17. The maximum atomic E-state index is 11.3. The molecule has 0 radical (unpaired) electrons. The monoisotopic (exact) mass is 399 g/mol. The Hall–Kier alpha value is -3.13. The van der Waals surface area contributed by atoms with Crippen molar-refractivity contribution in [3.8, 4) is 22.9 Å². The summed E-state index contributed by atoms with van der Waals surface area (Å²) in [4.78, 5) is 15.6. The fourth-order valence-corrected chi connectivity index (χ4v) is 3.20. The highest BCUT2D eigenvalue weighted by atomic mass is 32.1. The molecule has 0 saturated heterocycles. The van der Waals surface area contributed by atoms with Crippen LogP contribution < -0.4 is 14.6 Å². The van der Waals surface area contributed by atoms with Gasteiger partial charge < -0.3 is 23.9 Å². The fourth-order valence-electron chi connectivity index (χ4n) is 2.56. The number of para-hydroxylation sites is 1. The molecule has 3 aromatic rings. The molecule has 0 N–H and O–H groups in total. The fraction of sp³-hybridized carbons (Fsp3) is 0.250. The molecule has 0 atom stereocenters. The normalized spacial score (nSPS) is 11.6. The van der Waals surface area contributed by atoms with Gasteiger partial charge in [-0.05, 0) is 37.4 Å². The molecule has 0 amide bonds. The minimum absolute atomic E-state index is 0.0957. The molecule has 0 spiro atoms. The number of nitrogens with zero attached hydrogens (tertiary/aromatic N) is 2. The summed E-state index contributed by atoms with van der Waals surface area (Å²) in [6, 6.07) is 7.22. The van der Waals surface area contributed by atoms with Crippen molar-refractivity contribution in [2.24, 2.45) is 0 Å². The van der Waals surface area contributed by atoms with Crippen molar-refractivity contribution in [2.45, 2.75) is 26.4 Å². The van der Waals surface area contributed by atoms with Crippen LogP contribution in [0.15, 0.2) is 39.5 Å². The summed E-state index contributed by atoms with van der Waals surface area (Å²) in [5.41, 5.74) is 1.76. The van der Waals surface area contributed by atoms with Crippen LogP contribution in [0.2, 0.25) is 0 Å². The lowest BCUT2D eigenvalue weighted by Crippen LogP contribution is -2.22. The second kappa shape index (κ2) is 8.71. The van der Waals surface area contributed by atoms with Crippen LogP contribution in [-0.4, -0.2) is 29.3 Å². The molecular formula is C20H19N2O5S-. The van der Waals surface area contributed by atoms with E-state index in [0.29, 0.717) is 28.5 Å². The summed E-state index contributed by atoms with van der Waals surface area (Å²) < 4.78 is 16.6. The van der Waals surface area contributed by atoms with E-state index in [1.807, 2.05) is 30.7 Å². The molecule has 0 bridgehead atoms. The van der Waals surface area contributed by atoms with E-state index < -0.39 is 5.97 Å². The van der Waals surface area contributed by atoms with Crippen molar-refractivity contribution in [2.75, 3.05) is 7.11 Å². The smallest absolute Gasteiger partial charge is 0.254 e. The van der Waals surface area contributed by atoms with Crippen LogP contribution in [0.3, 0.4) is 0 Å². The van der Waals surface area contributed by atoms with E-state index in [2.05, 4.69) is 10.1 Å². The number of aromatic nitrogens is 2. The standard InChI is InChI=1S/C20H20N2O5S/c1-12(2)26-18-13(5-4-6-16(18)25-3)9-15(10-17(23)24)20-21-19(22-27-20)14-7-8-28-11-14/h4-9,11-12H,10H2,1-3H3,(H,23,24)/p-1/b15-9+. The molecule has 0 fully saturated rings. The first-order valence-electron chi connectivity index (χ1n) is 8.58. The van der Waals surface area contributed by atoms with Gasteiger partial charge in [-0.15, -0.1) is 0 Å². The highest BCUT2D eigenvalue weighted by Crippen LogP contribution is 2.35. The second-order valence-corrected chi connectivity index (χ2v) is 6.98. The van der Waals surface area contributed by atoms with Crippen LogP contribution in [0, 0.1) is 0 Å². The Bertz CT molecular complexity index is 976. The largest absolute Gasteiger partial charge is 0.550 e. The van der Waals surface area contributed by atoms with Gasteiger partial charge in [0.2, 0.25) is 5.82 Å². The number of thiophene rings is 1. The number of hydrogen-bond donors (Lipinski definition) is 0. The summed E-state index contributed by atoms with van der Waals surface area (Å²) in [5, 5.41) is 19.0. The number of methoxy groups -OCH3 is 1. The number of carboxylic acids is 1. The van der Waals surface area contributed by atoms with Gasteiger partial charge in [0.05, 0.1) is 13.2 Å². The van der Waals surface area contributed by atoms with E-state index in [1.54, 1.807) is 31.4 Å². The maximum absolute atomic E-state index is 11.3. The lowest BCUT2D eigenvalue weighted by Gasteiger charge is -2.16. The van der Waals surface area contributed by atoms with Gasteiger partial charge in [-0.2, -0.15) is 16.3 Å². The van der Waals surface area contributed by atoms with Crippen LogP contribution in [0.25, 0.3) is 23.0 Å². The Morgan fingerprint density at radius 2 is 2.18 bits per heavy atom. The predicted molar refractivity (Wildman–Crippen MR) is 104 cm³/mol. The minimum atomic E-state index is -1.25. The summed E-state index contributed by atoms with van der Waals surface area (Å²) >= 11 is 1.51. The second-order valence-electron chi connectivity index (χ2n) is 6.20. The molecule has 7 nitrogen and oxygen atoms in total. The molecule has 3 rings (SSSR count). The van der Waals surface area contributed by atoms with Crippen molar-refractivity contribution in [3.63, 3.8) is 0 Å². The van der Waals surface area contributed by atoms with Gasteiger partial charge in [0.1, 0.15) is 0 Å². The van der Waals surface area contributed by atoms with E-state index in [9.17, 15) is 9.90 Å². The number of aliphatic carboxylic acids is 1. The van der Waals surface area contributed by atoms with Gasteiger partial charge >= 0.3 is 0 Å². The molecule has 2 aromatic heterocycles. The van der Waals surface area contributed by atoms with E-state index in [0.717, 1.165) is 5.56 Å². The zero-order chi connectivity index (χ0) is 20.1. The highest BCUT2D eigenvalue weighted by molar-refractivity contribution is 7.08. The number of carboxylic acid groups (broad SMARTS) is 1. The molecule has 0 saturated carbocycles. The number of hydrogen-bond acceptors (Lipinski definition) is 8. The third-order valence-corrected chi connectivity index (χ3v) is 4.41. The van der Waals surface area contributed by atoms with E-state index in [-0.39, 0.29) is 18.4 Å². The summed E-state index contributed by atoms with van der Waals surface area (Å²) in [7, 11) is 1.54. The lowest BCUT2D eigenvalue weighted by atomic mass is 10.1. The Morgan fingerprint density at radius 3 is 2.82 bits per heavy atom. The van der Waals surface area contributed by atoms with Gasteiger partial charge in [-0.25, -0.2) is 0 Å². The topological polar surface area (TPSA) is 97.5 Å². The van der Waals surface area contributed by atoms with Crippen LogP contribution in [0.1, 0.15) is 31.7 Å². The molecule has 28 heavy (non-hydrogen) atoms. The van der Waals surface area contributed by atoms with Crippen LogP contribution in [0.4, 0.5) is 0 Å². The zero-order valence-corrected chi connectivity index (χ0v) is 16.5. The first kappa shape index (κ1) is 19.6. The first-order chi connectivity index (χ1) is 13.5. The lowest BCUT2D eigenvalue weighted by molar-refractivity contribution is -0.304. The van der Waals surface area contributed by atoms with Gasteiger partial charge in [-0.1, -0.05) is 17.3 Å². The quantitative estimate of drug-likeness (QED) is 0.573. The molecule has 1 aromatic carbocycles. The van der Waals surface area contributed by atoms with Crippen molar-refractivity contribution in [1.29, 1.82) is 0 Å². The molecule has 2 heterocycles. The van der Waals surface area contributed by atoms with Crippen LogP contribution in [-0.2, 0) is 4.79 Å². The Balaban J connectivity index is 2.05. The van der Waals surface area contributed by atoms with Crippen molar-refractivity contribution < 1.29 is 23.9 Å². The van der Waals surface area contributed by atoms with Gasteiger partial charge in [0.25, 0.3) is 5.89 Å². The van der Waals surface area contributed by atoms with Crippen molar-refractivity contribution in [3.05, 3.63) is 46.5 Å². The Morgan fingerprint density at radius 1 is 1.36 bits per heavy atom. The molecule has 0 unspecified atom stereocenters. The number of carbonyl (C=O) groups excluding carboxylic acids is 1. The van der Waals surface area contributed by atoms with Gasteiger partial charge in [0, 0.05) is 34.5 Å². The minimum Gasteiger partial charge on any atom is -0.550 e. The van der Waals surface area contributed by atoms with E-state index in [4.69, 9.17) is 14.0 Å². The molecule has 146 valence electrons. The maximum Gasteiger partial charge on any atom is 0.254 e. The van der Waals surface area contributed by atoms with Gasteiger partial charge in [0.15, 0.2) is 11.5 Å². The molecule has 0 aliphatic rings. The van der Waals surface area contributed by atoms with Crippen LogP contribution >= 0.6 is 11.3 Å². The average Bonchev–Trinajstić information content (AvgIpc) is 3.33. The molecule has 0 aliphatic heterocycles.